The second-order valence-corrected chi connectivity index (χ2v) is 5.16. The number of amides is 2. The average Bonchev–Trinajstić information content (AvgIpc) is 2.90. The van der Waals surface area contributed by atoms with Crippen molar-refractivity contribution in [3.05, 3.63) is 42.2 Å². The van der Waals surface area contributed by atoms with E-state index in [1.165, 1.54) is 11.0 Å². The first kappa shape index (κ1) is 16.5. The van der Waals surface area contributed by atoms with Gasteiger partial charge in [0.1, 0.15) is 6.33 Å². The summed E-state index contributed by atoms with van der Waals surface area (Å²) in [5.74, 6) is -0.696. The van der Waals surface area contributed by atoms with Crippen molar-refractivity contribution < 1.29 is 14.7 Å². The molecule has 2 rings (SSSR count). The molecule has 8 heteroatoms. The largest absolute Gasteiger partial charge is 0.481 e. The average molecular weight is 317 g/mol. The Morgan fingerprint density at radius 1 is 1.30 bits per heavy atom. The first-order chi connectivity index (χ1) is 11.0. The summed E-state index contributed by atoms with van der Waals surface area (Å²) < 4.78 is 1.47. The Kier molecular flexibility index (Phi) is 5.67. The molecule has 3 N–H and O–H groups in total. The van der Waals surface area contributed by atoms with Gasteiger partial charge >= 0.3 is 12.0 Å². The van der Waals surface area contributed by atoms with Gasteiger partial charge in [-0.2, -0.15) is 0 Å². The summed E-state index contributed by atoms with van der Waals surface area (Å²) in [5.41, 5.74) is 1.03. The molecule has 23 heavy (non-hydrogen) atoms. The zero-order valence-corrected chi connectivity index (χ0v) is 12.8. The van der Waals surface area contributed by atoms with Crippen LogP contribution in [0, 0.1) is 0 Å². The van der Waals surface area contributed by atoms with Crippen LogP contribution in [0.4, 0.5) is 10.7 Å². The standard InChI is InChI=1S/C15H19N5O3/c1-20-10-16-14(19-20)18-15(23)17-12(7-8-13(21)22)9-11-5-3-2-4-6-11/h2-6,10,12H,7-9H2,1H3,(H,21,22)(H2,17,18,19,23). The highest BCUT2D eigenvalue weighted by Crippen LogP contribution is 2.08. The number of carboxylic acids is 1. The first-order valence-electron chi connectivity index (χ1n) is 7.22. The van der Waals surface area contributed by atoms with Crippen LogP contribution in [-0.2, 0) is 18.3 Å². The van der Waals surface area contributed by atoms with E-state index in [4.69, 9.17) is 5.11 Å². The Bertz CT molecular complexity index is 656. The van der Waals surface area contributed by atoms with Gasteiger partial charge < -0.3 is 10.4 Å². The van der Waals surface area contributed by atoms with Crippen LogP contribution in [0.1, 0.15) is 18.4 Å². The van der Waals surface area contributed by atoms with Gasteiger partial charge in [-0.05, 0) is 18.4 Å². The summed E-state index contributed by atoms with van der Waals surface area (Å²) in [6, 6.07) is 8.84. The molecule has 0 aliphatic rings. The number of nitrogens with one attached hydrogen (secondary N) is 2. The monoisotopic (exact) mass is 317 g/mol. The van der Waals surface area contributed by atoms with Gasteiger partial charge in [-0.1, -0.05) is 30.3 Å². The Morgan fingerprint density at radius 2 is 2.04 bits per heavy atom. The van der Waals surface area contributed by atoms with Crippen LogP contribution in [0.15, 0.2) is 36.7 Å². The number of rotatable bonds is 7. The minimum absolute atomic E-state index is 0.0143. The molecule has 0 aliphatic heterocycles. The van der Waals surface area contributed by atoms with Crippen molar-refractivity contribution in [1.29, 1.82) is 0 Å². The first-order valence-corrected chi connectivity index (χ1v) is 7.22. The number of hydrogen-bond donors (Lipinski definition) is 3. The number of benzene rings is 1. The molecule has 2 aromatic rings. The fourth-order valence-corrected chi connectivity index (χ4v) is 2.14. The van der Waals surface area contributed by atoms with E-state index in [0.717, 1.165) is 5.56 Å². The molecule has 2 amide bonds. The van der Waals surface area contributed by atoms with Crippen molar-refractivity contribution in [2.75, 3.05) is 5.32 Å². The van der Waals surface area contributed by atoms with Crippen molar-refractivity contribution in [2.45, 2.75) is 25.3 Å². The maximum Gasteiger partial charge on any atom is 0.321 e. The zero-order valence-electron chi connectivity index (χ0n) is 12.8. The van der Waals surface area contributed by atoms with Gasteiger partial charge in [-0.25, -0.2) is 9.78 Å². The molecule has 0 aliphatic carbocycles. The van der Waals surface area contributed by atoms with Gasteiger partial charge in [0.2, 0.25) is 5.95 Å². The number of carbonyl (C=O) groups is 2. The third-order valence-electron chi connectivity index (χ3n) is 3.19. The molecule has 0 spiro atoms. The Hall–Kier alpha value is -2.90. The highest BCUT2D eigenvalue weighted by atomic mass is 16.4. The highest BCUT2D eigenvalue weighted by Gasteiger charge is 2.15. The Balaban J connectivity index is 1.95. The summed E-state index contributed by atoms with van der Waals surface area (Å²) >= 11 is 0. The molecular formula is C15H19N5O3. The number of aliphatic carboxylic acids is 1. The second-order valence-electron chi connectivity index (χ2n) is 5.16. The number of anilines is 1. The molecule has 0 bridgehead atoms. The smallest absolute Gasteiger partial charge is 0.321 e. The van der Waals surface area contributed by atoms with E-state index < -0.39 is 12.0 Å². The van der Waals surface area contributed by atoms with Gasteiger partial charge in [-0.3, -0.25) is 14.8 Å². The lowest BCUT2D eigenvalue weighted by molar-refractivity contribution is -0.137. The number of carboxylic acid groups (broad SMARTS) is 1. The molecule has 0 saturated carbocycles. The quantitative estimate of drug-likeness (QED) is 0.715. The molecule has 1 heterocycles. The van der Waals surface area contributed by atoms with Gasteiger partial charge in [0.15, 0.2) is 0 Å². The summed E-state index contributed by atoms with van der Waals surface area (Å²) in [6.45, 7) is 0. The van der Waals surface area contributed by atoms with Crippen LogP contribution in [0.25, 0.3) is 0 Å². The number of aromatic nitrogens is 3. The second kappa shape index (κ2) is 7.92. The molecule has 122 valence electrons. The maximum atomic E-state index is 12.0. The predicted molar refractivity (Wildman–Crippen MR) is 84.0 cm³/mol. The van der Waals surface area contributed by atoms with E-state index in [0.29, 0.717) is 12.8 Å². The van der Waals surface area contributed by atoms with Crippen LogP contribution in [0.2, 0.25) is 0 Å². The SMILES string of the molecule is Cn1cnc(NC(=O)NC(CCC(=O)O)Cc2ccccc2)n1. The van der Waals surface area contributed by atoms with Crippen molar-refractivity contribution in [2.24, 2.45) is 7.05 Å². The van der Waals surface area contributed by atoms with Crippen LogP contribution in [0.5, 0.6) is 0 Å². The van der Waals surface area contributed by atoms with Gasteiger partial charge in [0.05, 0.1) is 0 Å². The third kappa shape index (κ3) is 5.77. The molecule has 1 aromatic carbocycles. The van der Waals surface area contributed by atoms with Crippen molar-refractivity contribution in [3.63, 3.8) is 0 Å². The number of hydrogen-bond acceptors (Lipinski definition) is 4. The lowest BCUT2D eigenvalue weighted by atomic mass is 10.0. The highest BCUT2D eigenvalue weighted by molar-refractivity contribution is 5.87. The fraction of sp³-hybridized carbons (Fsp3) is 0.333. The maximum absolute atomic E-state index is 12.0. The lowest BCUT2D eigenvalue weighted by Crippen LogP contribution is -2.39. The summed E-state index contributed by atoms with van der Waals surface area (Å²) in [6.07, 6.45) is 2.35. The predicted octanol–water partition coefficient (Wildman–Crippen LogP) is 1.41. The normalized spacial score (nSPS) is 11.7. The van der Waals surface area contributed by atoms with E-state index in [-0.39, 0.29) is 18.4 Å². The number of urea groups is 1. The van der Waals surface area contributed by atoms with Crippen LogP contribution >= 0.6 is 0 Å². The zero-order chi connectivity index (χ0) is 16.7. The molecular weight excluding hydrogens is 298 g/mol. The Morgan fingerprint density at radius 3 is 2.65 bits per heavy atom. The summed E-state index contributed by atoms with van der Waals surface area (Å²) in [5, 5.41) is 18.1. The molecule has 8 nitrogen and oxygen atoms in total. The lowest BCUT2D eigenvalue weighted by Gasteiger charge is -2.18. The Labute approximate surface area is 133 Å². The van der Waals surface area contributed by atoms with Crippen LogP contribution in [-0.4, -0.2) is 37.9 Å². The van der Waals surface area contributed by atoms with Gasteiger partial charge in [0, 0.05) is 19.5 Å². The molecule has 0 fully saturated rings. The topological polar surface area (TPSA) is 109 Å². The van der Waals surface area contributed by atoms with E-state index in [1.54, 1.807) is 7.05 Å². The summed E-state index contributed by atoms with van der Waals surface area (Å²) in [7, 11) is 1.70. The number of nitrogens with zero attached hydrogens (tertiary/aromatic N) is 3. The molecule has 0 radical (unpaired) electrons. The van der Waals surface area contributed by atoms with E-state index in [2.05, 4.69) is 20.7 Å². The van der Waals surface area contributed by atoms with Crippen molar-refractivity contribution in [1.82, 2.24) is 20.1 Å². The molecule has 1 atom stereocenters. The third-order valence-corrected chi connectivity index (χ3v) is 3.19. The van der Waals surface area contributed by atoms with Gasteiger partial charge in [-0.15, -0.1) is 5.10 Å². The minimum Gasteiger partial charge on any atom is -0.481 e. The van der Waals surface area contributed by atoms with Crippen molar-refractivity contribution >= 4 is 17.9 Å². The summed E-state index contributed by atoms with van der Waals surface area (Å²) in [4.78, 5) is 26.7. The van der Waals surface area contributed by atoms with Crippen LogP contribution in [0.3, 0.4) is 0 Å². The number of aryl methyl sites for hydroxylation is 1. The van der Waals surface area contributed by atoms with E-state index in [9.17, 15) is 9.59 Å². The molecule has 0 saturated heterocycles. The van der Waals surface area contributed by atoms with Gasteiger partial charge in [0.25, 0.3) is 0 Å². The van der Waals surface area contributed by atoms with Crippen LogP contribution < -0.4 is 10.6 Å². The number of carbonyl (C=O) groups excluding carboxylic acids is 1. The minimum atomic E-state index is -0.892. The van der Waals surface area contributed by atoms with Crippen molar-refractivity contribution in [3.8, 4) is 0 Å². The van der Waals surface area contributed by atoms with E-state index in [1.807, 2.05) is 30.3 Å². The fourth-order valence-electron chi connectivity index (χ4n) is 2.14. The molecule has 1 aromatic heterocycles. The molecule has 1 unspecified atom stereocenters. The van der Waals surface area contributed by atoms with E-state index >= 15 is 0 Å².